The lowest BCUT2D eigenvalue weighted by molar-refractivity contribution is 0.619. The molecule has 0 spiro atoms. The minimum Gasteiger partial charge on any atom is -0.369 e. The van der Waals surface area contributed by atoms with Crippen molar-refractivity contribution in [1.82, 2.24) is 29.7 Å². The van der Waals surface area contributed by atoms with Crippen LogP contribution in [0.1, 0.15) is 12.8 Å². The lowest BCUT2D eigenvalue weighted by Gasteiger charge is -2.05. The smallest absolute Gasteiger partial charge is 0.176 e. The summed E-state index contributed by atoms with van der Waals surface area (Å²) in [6.45, 7) is 1.81. The number of hydrogen-bond acceptors (Lipinski definition) is 8. The van der Waals surface area contributed by atoms with E-state index < -0.39 is 0 Å². The van der Waals surface area contributed by atoms with E-state index >= 15 is 0 Å². The third-order valence-corrected chi connectivity index (χ3v) is 4.98. The van der Waals surface area contributed by atoms with E-state index in [4.69, 9.17) is 0 Å². The first-order valence-electron chi connectivity index (χ1n) is 6.58. The molecule has 0 saturated carbocycles. The van der Waals surface area contributed by atoms with Gasteiger partial charge in [0, 0.05) is 13.1 Å². The molecule has 0 bridgehead atoms. The first-order valence-corrected chi connectivity index (χ1v) is 8.63. The maximum atomic E-state index is 4.44. The number of aryl methyl sites for hydroxylation is 1. The van der Waals surface area contributed by atoms with Crippen molar-refractivity contribution in [3.8, 4) is 0 Å². The number of anilines is 1. The molecule has 0 fully saturated rings. The van der Waals surface area contributed by atoms with Crippen molar-refractivity contribution in [2.75, 3.05) is 18.1 Å². The standard InChI is InChI=1S/C12H15N7S2/c1-20-12-18-11-9(21-12)10(14-6-15-11)13-4-2-3-5-19-7-16-17-8-19/h6-8H,2-5H2,1H3,(H,13,14,15). The van der Waals surface area contributed by atoms with Crippen LogP contribution in [-0.4, -0.2) is 42.5 Å². The predicted octanol–water partition coefficient (Wildman–Crippen LogP) is 2.29. The van der Waals surface area contributed by atoms with E-state index in [0.717, 1.165) is 46.4 Å². The van der Waals surface area contributed by atoms with Gasteiger partial charge in [-0.25, -0.2) is 15.0 Å². The second-order valence-electron chi connectivity index (χ2n) is 4.39. The van der Waals surface area contributed by atoms with Crippen molar-refractivity contribution >= 4 is 39.3 Å². The Kier molecular flexibility index (Phi) is 4.61. The monoisotopic (exact) mass is 321 g/mol. The Balaban J connectivity index is 1.54. The van der Waals surface area contributed by atoms with Crippen molar-refractivity contribution in [3.05, 3.63) is 19.0 Å². The van der Waals surface area contributed by atoms with Crippen molar-refractivity contribution in [3.63, 3.8) is 0 Å². The van der Waals surface area contributed by atoms with Gasteiger partial charge in [-0.3, -0.25) is 0 Å². The fourth-order valence-electron chi connectivity index (χ4n) is 1.91. The van der Waals surface area contributed by atoms with Gasteiger partial charge in [-0.05, 0) is 19.1 Å². The van der Waals surface area contributed by atoms with Crippen molar-refractivity contribution in [1.29, 1.82) is 0 Å². The van der Waals surface area contributed by atoms with E-state index in [2.05, 4.69) is 30.5 Å². The largest absolute Gasteiger partial charge is 0.369 e. The quantitative estimate of drug-likeness (QED) is 0.528. The van der Waals surface area contributed by atoms with Gasteiger partial charge in [0.2, 0.25) is 0 Å². The Hall–Kier alpha value is -1.74. The number of thiazole rings is 1. The molecule has 9 heteroatoms. The zero-order chi connectivity index (χ0) is 14.5. The molecule has 0 unspecified atom stereocenters. The first kappa shape index (κ1) is 14.2. The number of nitrogens with one attached hydrogen (secondary N) is 1. The highest BCUT2D eigenvalue weighted by Crippen LogP contribution is 2.30. The highest BCUT2D eigenvalue weighted by Gasteiger charge is 2.09. The minimum absolute atomic E-state index is 0.770. The molecule has 0 amide bonds. The highest BCUT2D eigenvalue weighted by atomic mass is 32.2. The maximum absolute atomic E-state index is 4.44. The van der Waals surface area contributed by atoms with Crippen LogP contribution in [0.5, 0.6) is 0 Å². The Bertz CT molecular complexity index is 695. The van der Waals surface area contributed by atoms with Gasteiger partial charge < -0.3 is 9.88 Å². The molecular weight excluding hydrogens is 306 g/mol. The number of fused-ring (bicyclic) bond motifs is 1. The lowest BCUT2D eigenvalue weighted by Crippen LogP contribution is -2.05. The van der Waals surface area contributed by atoms with Crippen LogP contribution < -0.4 is 5.32 Å². The number of hydrogen-bond donors (Lipinski definition) is 1. The zero-order valence-corrected chi connectivity index (χ0v) is 13.2. The highest BCUT2D eigenvalue weighted by molar-refractivity contribution is 8.00. The first-order chi connectivity index (χ1) is 10.4. The van der Waals surface area contributed by atoms with Gasteiger partial charge in [-0.1, -0.05) is 11.8 Å². The average molecular weight is 321 g/mol. The van der Waals surface area contributed by atoms with Gasteiger partial charge in [0.1, 0.15) is 29.5 Å². The lowest BCUT2D eigenvalue weighted by atomic mass is 10.3. The SMILES string of the molecule is CSc1nc2ncnc(NCCCCn3cnnc3)c2s1. The van der Waals surface area contributed by atoms with Crippen LogP contribution in [0.15, 0.2) is 23.3 Å². The molecule has 0 radical (unpaired) electrons. The molecule has 0 atom stereocenters. The van der Waals surface area contributed by atoms with Crippen LogP contribution in [0.25, 0.3) is 10.3 Å². The van der Waals surface area contributed by atoms with Gasteiger partial charge in [0.15, 0.2) is 9.99 Å². The topological polar surface area (TPSA) is 81.4 Å². The van der Waals surface area contributed by atoms with Crippen LogP contribution >= 0.6 is 23.1 Å². The molecule has 7 nitrogen and oxygen atoms in total. The predicted molar refractivity (Wildman–Crippen MR) is 84.7 cm³/mol. The van der Waals surface area contributed by atoms with E-state index in [1.54, 1.807) is 42.1 Å². The zero-order valence-electron chi connectivity index (χ0n) is 11.6. The fraction of sp³-hybridized carbons (Fsp3) is 0.417. The molecule has 110 valence electrons. The van der Waals surface area contributed by atoms with Crippen molar-refractivity contribution in [2.24, 2.45) is 0 Å². The van der Waals surface area contributed by atoms with Crippen molar-refractivity contribution < 1.29 is 0 Å². The van der Waals surface area contributed by atoms with Gasteiger partial charge in [0.25, 0.3) is 0 Å². The summed E-state index contributed by atoms with van der Waals surface area (Å²) in [5.41, 5.74) is 0.770. The van der Waals surface area contributed by atoms with Gasteiger partial charge in [0.05, 0.1) is 0 Å². The molecule has 3 heterocycles. The average Bonchev–Trinajstić information content (AvgIpc) is 3.15. The molecule has 0 aliphatic heterocycles. The number of unbranched alkanes of at least 4 members (excludes halogenated alkanes) is 1. The molecule has 21 heavy (non-hydrogen) atoms. The fourth-order valence-corrected chi connectivity index (χ4v) is 3.39. The third-order valence-electron chi connectivity index (χ3n) is 2.95. The van der Waals surface area contributed by atoms with Gasteiger partial charge in [-0.15, -0.1) is 21.5 Å². The number of nitrogens with zero attached hydrogens (tertiary/aromatic N) is 6. The summed E-state index contributed by atoms with van der Waals surface area (Å²) in [4.78, 5) is 13.0. The Morgan fingerprint density at radius 1 is 1.24 bits per heavy atom. The molecule has 1 N–H and O–H groups in total. The molecule has 3 aromatic heterocycles. The van der Waals surface area contributed by atoms with Gasteiger partial charge in [-0.2, -0.15) is 0 Å². The maximum Gasteiger partial charge on any atom is 0.176 e. The molecule has 0 saturated heterocycles. The van der Waals surface area contributed by atoms with Crippen LogP contribution in [0.4, 0.5) is 5.82 Å². The summed E-state index contributed by atoms with van der Waals surface area (Å²) < 4.78 is 4.03. The Morgan fingerprint density at radius 3 is 2.90 bits per heavy atom. The molecule has 3 aromatic rings. The second kappa shape index (κ2) is 6.81. The molecule has 0 aromatic carbocycles. The van der Waals surface area contributed by atoms with Crippen LogP contribution in [-0.2, 0) is 6.54 Å². The normalized spacial score (nSPS) is 11.1. The number of rotatable bonds is 7. The number of thioether (sulfide) groups is 1. The van der Waals surface area contributed by atoms with E-state index in [0.29, 0.717) is 0 Å². The van der Waals surface area contributed by atoms with E-state index in [1.807, 2.05) is 10.8 Å². The van der Waals surface area contributed by atoms with E-state index in [9.17, 15) is 0 Å². The second-order valence-corrected chi connectivity index (χ2v) is 6.44. The minimum atomic E-state index is 0.770. The van der Waals surface area contributed by atoms with E-state index in [-0.39, 0.29) is 0 Å². The summed E-state index contributed by atoms with van der Waals surface area (Å²) in [6, 6.07) is 0. The summed E-state index contributed by atoms with van der Waals surface area (Å²) in [5, 5.41) is 10.9. The van der Waals surface area contributed by atoms with Gasteiger partial charge >= 0.3 is 0 Å². The van der Waals surface area contributed by atoms with E-state index in [1.165, 1.54) is 0 Å². The Labute approximate surface area is 130 Å². The third kappa shape index (κ3) is 3.48. The number of aromatic nitrogens is 6. The summed E-state index contributed by atoms with van der Waals surface area (Å²) in [6.07, 6.45) is 9.18. The molecule has 0 aliphatic carbocycles. The molecule has 3 rings (SSSR count). The van der Waals surface area contributed by atoms with Crippen LogP contribution in [0, 0.1) is 0 Å². The van der Waals surface area contributed by atoms with Crippen LogP contribution in [0.2, 0.25) is 0 Å². The summed E-state index contributed by atoms with van der Waals surface area (Å²) >= 11 is 3.26. The summed E-state index contributed by atoms with van der Waals surface area (Å²) in [5.74, 6) is 0.877. The molecule has 0 aliphatic rings. The molecular formula is C12H15N7S2. The van der Waals surface area contributed by atoms with Crippen molar-refractivity contribution in [2.45, 2.75) is 23.7 Å². The summed E-state index contributed by atoms with van der Waals surface area (Å²) in [7, 11) is 0. The van der Waals surface area contributed by atoms with Crippen LogP contribution in [0.3, 0.4) is 0 Å². The Morgan fingerprint density at radius 2 is 2.10 bits per heavy atom.